The molecule has 8 aliphatic carbocycles. The molecule has 12 aliphatic heterocycles. The lowest BCUT2D eigenvalue weighted by Gasteiger charge is -2.30. The summed E-state index contributed by atoms with van der Waals surface area (Å²) in [4.78, 5) is 125. The second-order valence-electron chi connectivity index (χ2n) is 33.1. The summed E-state index contributed by atoms with van der Waals surface area (Å²) >= 11 is 0. The summed E-state index contributed by atoms with van der Waals surface area (Å²) in [7, 11) is -25.4. The standard InChI is InChI=1S/C18H22O10S2.C18H20O10S.C17H20O11S2.C17H18O11S/c19-17(26-3-4-29(21,22)23)13-8-1-2-9(5-8)14(13)18(20)27-15-10-6-11-12(7-10)30(24,25)28-16(11)15;19-16-9-6-10-14(15(28-16)13(9)26-10)27-18(21)12-8-2-1-7(5-8)11(12)17(20)25-3-4-29(22,23)24;18-16(25-3-4-29(20,21)22)12-9-1-2-10(26-9)13(12)17(19)27-14-7-5-8-11(6-7)30(23,24)28-15(8)14;18-15-6-5-9-13(14(28-15)12(6)26-9)27-17(20)11-8-2-1-7(25-8)10(11)16(19)24-3-4-29(21,22)23/h1-2,8-16H,3-7H2,(H,21,22,23);1-2,7-15H,3-6H2,(H,22,23,24);1-2,7-15H,3-6H2,(H,20,21,22);1-2,6-14H,3-5H2,(H,21,22,23)/p-4. The van der Waals surface area contributed by atoms with E-state index in [-0.39, 0.29) is 77.2 Å². The average molecular weight is 1780 g/mol. The minimum atomic E-state index is -4.55. The lowest BCUT2D eigenvalue weighted by atomic mass is 9.82. The van der Waals surface area contributed by atoms with Gasteiger partial charge in [-0.15, -0.1) is 0 Å². The van der Waals surface area contributed by atoms with E-state index < -0.39 is 307 Å². The Bertz CT molecular complexity index is 4750. The van der Waals surface area contributed by atoms with Crippen LogP contribution in [0.3, 0.4) is 0 Å². The third-order valence-corrected chi connectivity index (χ3v) is 32.8. The van der Waals surface area contributed by atoms with Gasteiger partial charge in [-0.3, -0.25) is 56.3 Å². The zero-order valence-corrected chi connectivity index (χ0v) is 66.2. The van der Waals surface area contributed by atoms with Gasteiger partial charge in [-0.2, -0.15) is 16.8 Å². The van der Waals surface area contributed by atoms with E-state index in [1.165, 1.54) is 0 Å². The van der Waals surface area contributed by atoms with E-state index in [1.54, 1.807) is 24.3 Å². The average Bonchev–Trinajstić information content (AvgIpc) is 1.56. The van der Waals surface area contributed by atoms with Crippen molar-refractivity contribution in [1.29, 1.82) is 0 Å². The summed E-state index contributed by atoms with van der Waals surface area (Å²) < 4.78 is 263. The van der Waals surface area contributed by atoms with Gasteiger partial charge in [-0.05, 0) is 75.0 Å². The van der Waals surface area contributed by atoms with Crippen molar-refractivity contribution in [2.24, 2.45) is 107 Å². The van der Waals surface area contributed by atoms with E-state index in [4.69, 9.17) is 74.7 Å². The number of ether oxygens (including phenoxy) is 14. The summed E-state index contributed by atoms with van der Waals surface area (Å²) in [6.45, 7) is -2.34. The van der Waals surface area contributed by atoms with Crippen LogP contribution in [0.5, 0.6) is 0 Å². The Labute approximate surface area is 672 Å². The van der Waals surface area contributed by atoms with Crippen molar-refractivity contribution in [1.82, 2.24) is 0 Å². The van der Waals surface area contributed by atoms with Gasteiger partial charge in [0.2, 0.25) is 0 Å². The topological polar surface area (TPSA) is 615 Å². The number of allylic oxidation sites excluding steroid dienone is 4. The maximum absolute atomic E-state index is 13.0. The Morgan fingerprint density at radius 2 is 0.619 bits per heavy atom. The number of hydrogen-bond donors (Lipinski definition) is 0. The Morgan fingerprint density at radius 1 is 0.339 bits per heavy atom. The molecule has 0 aromatic rings. The summed E-state index contributed by atoms with van der Waals surface area (Å²) in [5, 5.41) is -1.07. The third kappa shape index (κ3) is 15.4. The zero-order valence-electron chi connectivity index (χ0n) is 61.3. The van der Waals surface area contributed by atoms with Crippen LogP contribution in [-0.4, -0.2) is 286 Å². The van der Waals surface area contributed by atoms with Gasteiger partial charge >= 0.3 is 59.7 Å². The molecule has 42 nitrogen and oxygen atoms in total. The van der Waals surface area contributed by atoms with Crippen LogP contribution in [0.1, 0.15) is 51.4 Å². The first-order chi connectivity index (χ1) is 55.6. The van der Waals surface area contributed by atoms with Crippen molar-refractivity contribution in [3.63, 3.8) is 0 Å². The first-order valence-electron chi connectivity index (χ1n) is 38.4. The number of rotatable bonds is 24. The van der Waals surface area contributed by atoms with Gasteiger partial charge in [-0.1, -0.05) is 48.6 Å². The molecule has 20 aliphatic rings. The van der Waals surface area contributed by atoms with E-state index >= 15 is 0 Å². The smallest absolute Gasteiger partial charge is 0.313 e. The lowest BCUT2D eigenvalue weighted by Crippen LogP contribution is -2.45. The quantitative estimate of drug-likeness (QED) is 0.0290. The predicted octanol–water partition coefficient (Wildman–Crippen LogP) is -4.34. The van der Waals surface area contributed by atoms with Crippen LogP contribution in [-0.2, 0) is 183 Å². The Hall–Kier alpha value is -7.04. The van der Waals surface area contributed by atoms with E-state index in [0.29, 0.717) is 51.4 Å². The number of fused-ring (bicyclic) bond motifs is 12. The van der Waals surface area contributed by atoms with Gasteiger partial charge in [-0.25, -0.2) is 33.7 Å². The van der Waals surface area contributed by atoms with Gasteiger partial charge in [0.25, 0.3) is 20.2 Å². The molecular weight excluding hydrogens is 1710 g/mol. The van der Waals surface area contributed by atoms with Crippen molar-refractivity contribution in [2.75, 3.05) is 49.4 Å². The molecule has 648 valence electrons. The van der Waals surface area contributed by atoms with E-state index in [9.17, 15) is 117 Å². The monoisotopic (exact) mass is 1780 g/mol. The van der Waals surface area contributed by atoms with Gasteiger partial charge in [0, 0.05) is 23.7 Å². The predicted molar refractivity (Wildman–Crippen MR) is 367 cm³/mol. The van der Waals surface area contributed by atoms with Crippen molar-refractivity contribution < 1.29 is 191 Å². The molecule has 36 unspecified atom stereocenters. The van der Waals surface area contributed by atoms with Crippen LogP contribution < -0.4 is 0 Å². The molecule has 0 aromatic carbocycles. The highest BCUT2D eigenvalue weighted by molar-refractivity contribution is 7.88. The molecule has 36 atom stereocenters. The number of hydrogen-bond acceptors (Lipinski definition) is 42. The van der Waals surface area contributed by atoms with Crippen molar-refractivity contribution in [3.8, 4) is 0 Å². The second-order valence-corrected chi connectivity index (χ2v) is 42.7. The van der Waals surface area contributed by atoms with Crippen LogP contribution in [0.25, 0.3) is 0 Å². The molecule has 16 bridgehead atoms. The maximum Gasteiger partial charge on any atom is 0.313 e. The van der Waals surface area contributed by atoms with Crippen LogP contribution in [0.15, 0.2) is 48.6 Å². The van der Waals surface area contributed by atoms with Crippen LogP contribution >= 0.6 is 0 Å². The first kappa shape index (κ1) is 83.2. The van der Waals surface area contributed by atoms with Crippen molar-refractivity contribution >= 4 is 120 Å². The molecule has 48 heteroatoms. The summed E-state index contributed by atoms with van der Waals surface area (Å²) in [6, 6.07) is 0. The molecule has 12 heterocycles. The summed E-state index contributed by atoms with van der Waals surface area (Å²) in [5.74, 6) is -19.1. The molecule has 0 N–H and O–H groups in total. The highest BCUT2D eigenvalue weighted by atomic mass is 32.2. The van der Waals surface area contributed by atoms with E-state index in [2.05, 4.69) is 0 Å². The Kier molecular flexibility index (Phi) is 21.5. The van der Waals surface area contributed by atoms with Crippen LogP contribution in [0.4, 0.5) is 0 Å². The molecule has 6 saturated carbocycles. The molecule has 0 radical (unpaired) electrons. The zero-order chi connectivity index (χ0) is 83.8. The fourth-order valence-corrected chi connectivity index (χ4v) is 26.6. The van der Waals surface area contributed by atoms with Crippen molar-refractivity contribution in [3.05, 3.63) is 48.6 Å². The molecular formula is C70H76O42S6-4. The Morgan fingerprint density at radius 3 is 0.932 bits per heavy atom. The van der Waals surface area contributed by atoms with Crippen LogP contribution in [0, 0.1) is 107 Å². The number of esters is 10. The summed E-state index contributed by atoms with van der Waals surface area (Å²) in [5.41, 5.74) is 0. The normalized spacial score (nSPS) is 44.1. The molecule has 16 fully saturated rings. The third-order valence-electron chi connectivity index (χ3n) is 26.6. The fourth-order valence-electron chi connectivity index (χ4n) is 21.7. The Balaban J connectivity index is 0.000000113. The fraction of sp³-hybridized carbons (Fsp3) is 0.743. The van der Waals surface area contributed by atoms with Gasteiger partial charge in [0.1, 0.15) is 86.7 Å². The van der Waals surface area contributed by atoms with Crippen LogP contribution in [0.2, 0.25) is 0 Å². The van der Waals surface area contributed by atoms with E-state index in [0.717, 1.165) is 0 Å². The highest BCUT2D eigenvalue weighted by Crippen LogP contribution is 2.59. The molecule has 118 heavy (non-hydrogen) atoms. The SMILES string of the molecule is O=C(OCCS(=O)(=O)[O-])C1C2C=CC(C2)C1C(=O)OC1C2CC3C1OS(=O)(=O)C3C2.O=C(OCCS(=O)(=O)[O-])C1C2C=CC(O2)C1C(=O)OC1C2CC3C1OS(=O)(=O)C3C2.O=C1OC2C(OC(=O)C3C4C=CC(C4)C3C(=O)OCCS(=O)(=O)[O-])C3CC1C2O3.O=C1OC2C(OC(=O)C3C4C=CC(O4)C3C(=O)OCCS(=O)(=O)[O-])C3CC1C2O3. The van der Waals surface area contributed by atoms with E-state index in [1.807, 2.05) is 24.3 Å². The molecule has 0 aromatic heterocycles. The minimum Gasteiger partial charge on any atom is -0.748 e. The minimum absolute atomic E-state index is 0.0759. The highest BCUT2D eigenvalue weighted by Gasteiger charge is 2.71. The number of carbonyl (C=O) groups excluding carboxylic acids is 10. The molecule has 10 saturated heterocycles. The second kappa shape index (κ2) is 30.5. The molecule has 0 spiro atoms. The van der Waals surface area contributed by atoms with Gasteiger partial charge < -0.3 is 84.5 Å². The molecule has 0 amide bonds. The molecule has 20 rings (SSSR count). The largest absolute Gasteiger partial charge is 0.748 e. The van der Waals surface area contributed by atoms with Crippen molar-refractivity contribution in [2.45, 2.75) is 160 Å². The maximum atomic E-state index is 13.0. The first-order valence-corrected chi connectivity index (χ1v) is 47.6. The van der Waals surface area contributed by atoms with Gasteiger partial charge in [0.05, 0.1) is 146 Å². The summed E-state index contributed by atoms with van der Waals surface area (Å²) in [6.07, 6.45) is 8.06. The van der Waals surface area contributed by atoms with Gasteiger partial charge in [0.15, 0.2) is 24.4 Å². The lowest BCUT2D eigenvalue weighted by molar-refractivity contribution is -0.170. The number of carbonyl (C=O) groups is 10.